The fraction of sp³-hybridized carbons (Fsp3) is 0.636. The van der Waals surface area contributed by atoms with E-state index in [1.165, 1.54) is 0 Å². The van der Waals surface area contributed by atoms with Crippen LogP contribution in [0.4, 0.5) is 0 Å². The van der Waals surface area contributed by atoms with Crippen LogP contribution in [-0.4, -0.2) is 47.4 Å². The van der Waals surface area contributed by atoms with E-state index in [0.717, 1.165) is 0 Å². The molecule has 9 nitrogen and oxygen atoms in total. The second-order valence-electron chi connectivity index (χ2n) is 4.56. The molecule has 2 atom stereocenters. The van der Waals surface area contributed by atoms with Crippen LogP contribution in [0.15, 0.2) is 0 Å². The highest BCUT2D eigenvalue weighted by Gasteiger charge is 2.29. The Kier molecular flexibility index (Phi) is 7.22. The fourth-order valence-electron chi connectivity index (χ4n) is 1.43. The van der Waals surface area contributed by atoms with Crippen molar-refractivity contribution in [3.8, 4) is 0 Å². The van der Waals surface area contributed by atoms with Gasteiger partial charge in [-0.15, -0.1) is 0 Å². The first-order chi connectivity index (χ1) is 9.18. The largest absolute Gasteiger partial charge is 0.480 e. The molecule has 0 aromatic carbocycles. The normalized spacial score (nSPS) is 13.4. The maximum Gasteiger partial charge on any atom is 0.326 e. The van der Waals surface area contributed by atoms with Gasteiger partial charge in [0.25, 0.3) is 0 Å². The quantitative estimate of drug-likeness (QED) is 0.332. The minimum Gasteiger partial charge on any atom is -0.480 e. The lowest BCUT2D eigenvalue weighted by Crippen LogP contribution is -2.54. The minimum atomic E-state index is -1.25. The average molecular weight is 288 g/mol. The summed E-state index contributed by atoms with van der Waals surface area (Å²) >= 11 is 0. The molecule has 0 aromatic rings. The van der Waals surface area contributed by atoms with Gasteiger partial charge in [-0.05, 0) is 5.92 Å². The Morgan fingerprint density at radius 1 is 1.15 bits per heavy atom. The first kappa shape index (κ1) is 17.8. The zero-order valence-corrected chi connectivity index (χ0v) is 11.4. The van der Waals surface area contributed by atoms with Crippen LogP contribution in [0.2, 0.25) is 0 Å². The van der Waals surface area contributed by atoms with E-state index in [1.54, 1.807) is 13.8 Å². The molecule has 0 fully saturated rings. The Morgan fingerprint density at radius 3 is 2.05 bits per heavy atom. The van der Waals surface area contributed by atoms with E-state index in [-0.39, 0.29) is 12.5 Å². The molecule has 20 heavy (non-hydrogen) atoms. The van der Waals surface area contributed by atoms with E-state index in [1.807, 2.05) is 0 Å². The molecule has 0 aliphatic carbocycles. The molecule has 9 heteroatoms. The number of carbonyl (C=O) groups is 4. The standard InChI is InChI=1S/C11H20N4O5/c1-5(2)9(11(19)20)15-10(18)6(3-7(13)16)14-8(17)4-12/h5-6,9H,3-4,12H2,1-2H3,(H2,13,16)(H,14,17)(H,15,18)(H,19,20). The third-order valence-electron chi connectivity index (χ3n) is 2.47. The first-order valence-corrected chi connectivity index (χ1v) is 6.00. The van der Waals surface area contributed by atoms with Crippen molar-refractivity contribution >= 4 is 23.7 Å². The molecule has 0 aliphatic heterocycles. The van der Waals surface area contributed by atoms with Crippen molar-refractivity contribution in [2.45, 2.75) is 32.4 Å². The van der Waals surface area contributed by atoms with Crippen molar-refractivity contribution < 1.29 is 24.3 Å². The van der Waals surface area contributed by atoms with Gasteiger partial charge in [-0.2, -0.15) is 0 Å². The highest BCUT2D eigenvalue weighted by atomic mass is 16.4. The molecule has 0 heterocycles. The second-order valence-corrected chi connectivity index (χ2v) is 4.56. The highest BCUT2D eigenvalue weighted by molar-refractivity contribution is 5.93. The Bertz CT molecular complexity index is 396. The number of carbonyl (C=O) groups excluding carboxylic acids is 3. The smallest absolute Gasteiger partial charge is 0.326 e. The van der Waals surface area contributed by atoms with Gasteiger partial charge in [0.1, 0.15) is 12.1 Å². The van der Waals surface area contributed by atoms with Crippen LogP contribution in [0.3, 0.4) is 0 Å². The maximum atomic E-state index is 11.9. The van der Waals surface area contributed by atoms with Gasteiger partial charge < -0.3 is 27.2 Å². The van der Waals surface area contributed by atoms with Crippen molar-refractivity contribution in [2.24, 2.45) is 17.4 Å². The van der Waals surface area contributed by atoms with Crippen molar-refractivity contribution in [3.05, 3.63) is 0 Å². The van der Waals surface area contributed by atoms with E-state index in [9.17, 15) is 19.2 Å². The third kappa shape index (κ3) is 6.14. The highest BCUT2D eigenvalue weighted by Crippen LogP contribution is 2.03. The van der Waals surface area contributed by atoms with Gasteiger partial charge in [0, 0.05) is 0 Å². The van der Waals surface area contributed by atoms with Gasteiger partial charge in [0.2, 0.25) is 17.7 Å². The fourth-order valence-corrected chi connectivity index (χ4v) is 1.43. The number of primary amides is 1. The van der Waals surface area contributed by atoms with E-state index < -0.39 is 42.2 Å². The monoisotopic (exact) mass is 288 g/mol. The molecule has 0 saturated heterocycles. The summed E-state index contributed by atoms with van der Waals surface area (Å²) in [5.74, 6) is -3.83. The average Bonchev–Trinajstić information content (AvgIpc) is 2.33. The van der Waals surface area contributed by atoms with Gasteiger partial charge in [-0.3, -0.25) is 14.4 Å². The van der Waals surface area contributed by atoms with Gasteiger partial charge in [-0.1, -0.05) is 13.8 Å². The molecule has 7 N–H and O–H groups in total. The molecular weight excluding hydrogens is 268 g/mol. The van der Waals surface area contributed by atoms with Gasteiger partial charge >= 0.3 is 5.97 Å². The van der Waals surface area contributed by atoms with Crippen LogP contribution in [0.1, 0.15) is 20.3 Å². The van der Waals surface area contributed by atoms with E-state index >= 15 is 0 Å². The minimum absolute atomic E-state index is 0.365. The molecule has 0 saturated carbocycles. The summed E-state index contributed by atoms with van der Waals surface area (Å²) in [5.41, 5.74) is 10.1. The predicted molar refractivity (Wildman–Crippen MR) is 69.2 cm³/mol. The molecule has 3 amide bonds. The molecule has 0 radical (unpaired) electrons. The molecule has 0 rings (SSSR count). The molecule has 2 unspecified atom stereocenters. The first-order valence-electron chi connectivity index (χ1n) is 6.00. The number of nitrogens with one attached hydrogen (secondary N) is 2. The molecule has 0 spiro atoms. The van der Waals surface area contributed by atoms with Crippen molar-refractivity contribution in [1.29, 1.82) is 0 Å². The van der Waals surface area contributed by atoms with Gasteiger partial charge in [-0.25, -0.2) is 4.79 Å². The number of aliphatic carboxylic acids is 1. The van der Waals surface area contributed by atoms with Crippen LogP contribution in [0.5, 0.6) is 0 Å². The number of hydrogen-bond acceptors (Lipinski definition) is 5. The summed E-state index contributed by atoms with van der Waals surface area (Å²) in [4.78, 5) is 45.0. The lowest BCUT2D eigenvalue weighted by molar-refractivity contribution is -0.143. The lowest BCUT2D eigenvalue weighted by Gasteiger charge is -2.22. The summed E-state index contributed by atoms with van der Waals surface area (Å²) in [5, 5.41) is 13.4. The molecule has 114 valence electrons. The zero-order valence-electron chi connectivity index (χ0n) is 11.4. The van der Waals surface area contributed by atoms with E-state index in [0.29, 0.717) is 0 Å². The number of carboxylic acid groups (broad SMARTS) is 1. The van der Waals surface area contributed by atoms with Crippen molar-refractivity contribution in [3.63, 3.8) is 0 Å². The molecule has 0 bridgehead atoms. The zero-order chi connectivity index (χ0) is 15.9. The summed E-state index contributed by atoms with van der Waals surface area (Å²) in [6.45, 7) is 2.86. The van der Waals surface area contributed by atoms with Crippen LogP contribution >= 0.6 is 0 Å². The van der Waals surface area contributed by atoms with Crippen LogP contribution in [0.25, 0.3) is 0 Å². The van der Waals surface area contributed by atoms with Crippen molar-refractivity contribution in [2.75, 3.05) is 6.54 Å². The van der Waals surface area contributed by atoms with E-state index in [4.69, 9.17) is 16.6 Å². The second kappa shape index (κ2) is 8.10. The molecule has 0 aliphatic rings. The molecular formula is C11H20N4O5. The molecule has 0 aromatic heterocycles. The van der Waals surface area contributed by atoms with E-state index in [2.05, 4.69) is 10.6 Å². The lowest BCUT2D eigenvalue weighted by atomic mass is 10.0. The Labute approximate surface area is 116 Å². The van der Waals surface area contributed by atoms with Crippen LogP contribution in [0, 0.1) is 5.92 Å². The number of rotatable bonds is 8. The third-order valence-corrected chi connectivity index (χ3v) is 2.47. The number of hydrogen-bond donors (Lipinski definition) is 5. The Morgan fingerprint density at radius 2 is 1.70 bits per heavy atom. The maximum absolute atomic E-state index is 11.9. The van der Waals surface area contributed by atoms with Crippen LogP contribution < -0.4 is 22.1 Å². The summed E-state index contributed by atoms with van der Waals surface area (Å²) < 4.78 is 0. The van der Waals surface area contributed by atoms with Gasteiger partial charge in [0.15, 0.2) is 0 Å². The van der Waals surface area contributed by atoms with Crippen LogP contribution in [-0.2, 0) is 19.2 Å². The Balaban J connectivity index is 4.88. The topological polar surface area (TPSA) is 165 Å². The predicted octanol–water partition coefficient (Wildman–Crippen LogP) is -2.47. The van der Waals surface area contributed by atoms with Gasteiger partial charge in [0.05, 0.1) is 13.0 Å². The SMILES string of the molecule is CC(C)C(NC(=O)C(CC(N)=O)NC(=O)CN)C(=O)O. The number of nitrogens with two attached hydrogens (primary N) is 2. The number of amides is 3. The van der Waals surface area contributed by atoms with Crippen molar-refractivity contribution in [1.82, 2.24) is 10.6 Å². The number of carboxylic acids is 1. The summed E-state index contributed by atoms with van der Waals surface area (Å²) in [7, 11) is 0. The summed E-state index contributed by atoms with van der Waals surface area (Å²) in [6, 6.07) is -2.38. The Hall–Kier alpha value is -2.16. The summed E-state index contributed by atoms with van der Waals surface area (Å²) in [6.07, 6.45) is -0.442.